The van der Waals surface area contributed by atoms with Gasteiger partial charge in [-0.15, -0.1) is 24.8 Å². The monoisotopic (exact) mass is 514 g/mol. The molecule has 182 valence electrons. The molecular weight excluding hydrogens is 483 g/mol. The fourth-order valence-corrected chi connectivity index (χ4v) is 6.48. The van der Waals surface area contributed by atoms with Gasteiger partial charge in [-0.25, -0.2) is 12.7 Å². The fraction of sp³-hybridized carbons (Fsp3) is 0.458. The number of rotatable bonds is 8. The molecule has 4 rings (SSSR count). The van der Waals surface area contributed by atoms with Crippen LogP contribution in [-0.4, -0.2) is 56.3 Å². The molecule has 1 atom stereocenters. The Labute approximate surface area is 209 Å². The van der Waals surface area contributed by atoms with E-state index in [1.54, 1.807) is 25.3 Å². The summed E-state index contributed by atoms with van der Waals surface area (Å²) >= 11 is 0. The van der Waals surface area contributed by atoms with Crippen LogP contribution in [0.3, 0.4) is 0 Å². The number of amides is 1. The molecule has 2 aromatic rings. The molecule has 0 saturated carbocycles. The summed E-state index contributed by atoms with van der Waals surface area (Å²) in [7, 11) is -2.01. The number of ether oxygens (including phenoxy) is 1. The number of carbonyl (C=O) groups excluding carboxylic acids is 1. The summed E-state index contributed by atoms with van der Waals surface area (Å²) < 4.78 is 32.2. The number of aryl methyl sites for hydroxylation is 1. The topological polar surface area (TPSA) is 66.9 Å². The molecule has 0 fully saturated rings. The maximum Gasteiger partial charge on any atom is 0.269 e. The standard InChI is InChI=1S/C24H30N2O4S.2ClH/c1-3-14-25(19-13-12-18-8-6-10-22(30-2)21(18)17-19)15-7-16-26-24(27)20-9-4-5-11-23(20)31(26,28)29;;/h4-6,8-11,19H,3,7,12-17H2,1-2H3;2*1H. The highest BCUT2D eigenvalue weighted by Gasteiger charge is 2.40. The smallest absolute Gasteiger partial charge is 0.269 e. The van der Waals surface area contributed by atoms with Crippen LogP contribution in [-0.2, 0) is 22.9 Å². The number of sulfonamides is 1. The minimum absolute atomic E-state index is 0. The Morgan fingerprint density at radius 3 is 2.55 bits per heavy atom. The average Bonchev–Trinajstić information content (AvgIpc) is 2.98. The summed E-state index contributed by atoms with van der Waals surface area (Å²) in [5.74, 6) is 0.541. The molecule has 1 aliphatic heterocycles. The lowest BCUT2D eigenvalue weighted by molar-refractivity contribution is 0.0863. The van der Waals surface area contributed by atoms with Crippen LogP contribution in [0, 0.1) is 0 Å². The maximum absolute atomic E-state index is 12.8. The van der Waals surface area contributed by atoms with Gasteiger partial charge in [0, 0.05) is 19.1 Å². The highest BCUT2D eigenvalue weighted by Crippen LogP contribution is 2.32. The largest absolute Gasteiger partial charge is 0.496 e. The highest BCUT2D eigenvalue weighted by molar-refractivity contribution is 7.90. The van der Waals surface area contributed by atoms with Gasteiger partial charge in [-0.1, -0.05) is 31.2 Å². The summed E-state index contributed by atoms with van der Waals surface area (Å²) in [6.07, 6.45) is 4.68. The van der Waals surface area contributed by atoms with Gasteiger partial charge >= 0.3 is 0 Å². The third kappa shape index (κ3) is 5.32. The molecule has 0 bridgehead atoms. The van der Waals surface area contributed by atoms with Gasteiger partial charge in [-0.05, 0) is 68.0 Å². The van der Waals surface area contributed by atoms with Crippen LogP contribution >= 0.6 is 24.8 Å². The van der Waals surface area contributed by atoms with Gasteiger partial charge in [0.2, 0.25) is 0 Å². The minimum Gasteiger partial charge on any atom is -0.496 e. The Kier molecular flexibility index (Phi) is 9.61. The van der Waals surface area contributed by atoms with E-state index in [2.05, 4.69) is 17.9 Å². The van der Waals surface area contributed by atoms with Crippen LogP contribution in [0.25, 0.3) is 0 Å². The number of hydrogen-bond donors (Lipinski definition) is 0. The summed E-state index contributed by atoms with van der Waals surface area (Å²) in [5.41, 5.74) is 2.93. The van der Waals surface area contributed by atoms with E-state index < -0.39 is 15.9 Å². The van der Waals surface area contributed by atoms with Crippen LogP contribution < -0.4 is 4.74 Å². The van der Waals surface area contributed by atoms with E-state index >= 15 is 0 Å². The molecule has 2 aliphatic rings. The molecular formula is C24H32Cl2N2O4S. The van der Waals surface area contributed by atoms with E-state index in [0.717, 1.165) is 48.8 Å². The molecule has 1 unspecified atom stereocenters. The van der Waals surface area contributed by atoms with Gasteiger partial charge in [0.1, 0.15) is 10.6 Å². The van der Waals surface area contributed by atoms with Crippen LogP contribution in [0.4, 0.5) is 0 Å². The number of benzene rings is 2. The molecule has 0 spiro atoms. The van der Waals surface area contributed by atoms with Gasteiger partial charge < -0.3 is 4.74 Å². The zero-order chi connectivity index (χ0) is 22.0. The highest BCUT2D eigenvalue weighted by atomic mass is 35.5. The molecule has 1 amide bonds. The number of halogens is 2. The van der Waals surface area contributed by atoms with Gasteiger partial charge in [0.05, 0.1) is 12.7 Å². The fourth-order valence-electron chi connectivity index (χ4n) is 4.87. The van der Waals surface area contributed by atoms with Crippen molar-refractivity contribution in [2.75, 3.05) is 26.7 Å². The molecule has 6 nitrogen and oxygen atoms in total. The summed E-state index contributed by atoms with van der Waals surface area (Å²) in [4.78, 5) is 15.2. The molecule has 0 radical (unpaired) electrons. The van der Waals surface area contributed by atoms with E-state index in [4.69, 9.17) is 4.74 Å². The van der Waals surface area contributed by atoms with E-state index in [1.807, 2.05) is 12.1 Å². The Balaban J connectivity index is 0.00000193. The van der Waals surface area contributed by atoms with E-state index in [0.29, 0.717) is 12.5 Å². The van der Waals surface area contributed by atoms with Crippen LogP contribution in [0.2, 0.25) is 0 Å². The molecule has 2 aromatic carbocycles. The van der Waals surface area contributed by atoms with Crippen molar-refractivity contribution >= 4 is 40.7 Å². The zero-order valence-electron chi connectivity index (χ0n) is 19.0. The second kappa shape index (κ2) is 11.6. The van der Waals surface area contributed by atoms with Gasteiger partial charge in [0.15, 0.2) is 0 Å². The quantitative estimate of drug-likeness (QED) is 0.523. The Bertz CT molecular complexity index is 1060. The van der Waals surface area contributed by atoms with Crippen molar-refractivity contribution in [1.82, 2.24) is 9.21 Å². The van der Waals surface area contributed by atoms with E-state index in [-0.39, 0.29) is 41.8 Å². The molecule has 9 heteroatoms. The Hall–Kier alpha value is -1.80. The van der Waals surface area contributed by atoms with Gasteiger partial charge in [-0.3, -0.25) is 9.69 Å². The molecule has 0 N–H and O–H groups in total. The predicted octanol–water partition coefficient (Wildman–Crippen LogP) is 4.34. The second-order valence-electron chi connectivity index (χ2n) is 8.26. The van der Waals surface area contributed by atoms with Crippen LogP contribution in [0.15, 0.2) is 47.4 Å². The summed E-state index contributed by atoms with van der Waals surface area (Å²) in [5, 5.41) is 0. The van der Waals surface area contributed by atoms with Gasteiger partial charge in [-0.2, -0.15) is 0 Å². The number of hydrogen-bond acceptors (Lipinski definition) is 5. The summed E-state index contributed by atoms with van der Waals surface area (Å²) in [6, 6.07) is 13.1. The molecule has 1 aliphatic carbocycles. The Morgan fingerprint density at radius 1 is 1.09 bits per heavy atom. The van der Waals surface area contributed by atoms with Crippen molar-refractivity contribution in [3.8, 4) is 5.75 Å². The minimum atomic E-state index is -3.73. The molecule has 0 aromatic heterocycles. The first-order valence-corrected chi connectivity index (χ1v) is 12.5. The van der Waals surface area contributed by atoms with Crippen LogP contribution in [0.1, 0.15) is 47.7 Å². The number of nitrogens with zero attached hydrogens (tertiary/aromatic N) is 2. The predicted molar refractivity (Wildman–Crippen MR) is 134 cm³/mol. The molecule has 1 heterocycles. The second-order valence-corrected chi connectivity index (χ2v) is 10.1. The molecule has 33 heavy (non-hydrogen) atoms. The lowest BCUT2D eigenvalue weighted by Gasteiger charge is -2.36. The normalized spacial score (nSPS) is 18.2. The average molecular weight is 516 g/mol. The first-order chi connectivity index (χ1) is 15.0. The van der Waals surface area contributed by atoms with Gasteiger partial charge in [0.25, 0.3) is 15.9 Å². The lowest BCUT2D eigenvalue weighted by atomic mass is 9.86. The third-order valence-corrected chi connectivity index (χ3v) is 8.22. The Morgan fingerprint density at radius 2 is 1.85 bits per heavy atom. The van der Waals surface area contributed by atoms with Crippen molar-refractivity contribution < 1.29 is 17.9 Å². The van der Waals surface area contributed by atoms with Crippen molar-refractivity contribution in [2.45, 2.75) is 50.0 Å². The SMILES string of the molecule is CCCN(CCCN1C(=O)c2ccccc2S1(=O)=O)C1CCc2cccc(OC)c2C1.Cl.Cl. The van der Waals surface area contributed by atoms with E-state index in [9.17, 15) is 13.2 Å². The summed E-state index contributed by atoms with van der Waals surface area (Å²) in [6.45, 7) is 4.09. The van der Waals surface area contributed by atoms with Crippen molar-refractivity contribution in [2.24, 2.45) is 0 Å². The number of methoxy groups -OCH3 is 1. The molecule has 0 saturated heterocycles. The van der Waals surface area contributed by atoms with Crippen molar-refractivity contribution in [3.63, 3.8) is 0 Å². The lowest BCUT2D eigenvalue weighted by Crippen LogP contribution is -2.42. The number of fused-ring (bicyclic) bond motifs is 2. The van der Waals surface area contributed by atoms with Crippen molar-refractivity contribution in [1.29, 1.82) is 0 Å². The first kappa shape index (κ1) is 27.4. The number of carbonyl (C=O) groups is 1. The maximum atomic E-state index is 12.8. The zero-order valence-corrected chi connectivity index (χ0v) is 21.5. The van der Waals surface area contributed by atoms with Crippen LogP contribution in [0.5, 0.6) is 5.75 Å². The first-order valence-electron chi connectivity index (χ1n) is 11.0. The third-order valence-electron chi connectivity index (χ3n) is 6.38. The van der Waals surface area contributed by atoms with E-state index in [1.165, 1.54) is 17.2 Å². The van der Waals surface area contributed by atoms with Crippen molar-refractivity contribution in [3.05, 3.63) is 59.2 Å².